The highest BCUT2D eigenvalue weighted by Crippen LogP contribution is 2.55. The minimum atomic E-state index is -4.23. The SMILES string of the molecule is COc1cc(C(O)P(=O)(O)CC[C@@H](N)C(=O)O)cc(Cl)c1OCC(=O)O. The lowest BCUT2D eigenvalue weighted by Gasteiger charge is -2.21. The zero-order chi connectivity index (χ0) is 20.1. The van der Waals surface area contributed by atoms with Crippen LogP contribution in [0.1, 0.15) is 17.8 Å². The monoisotopic (exact) mass is 411 g/mol. The van der Waals surface area contributed by atoms with Gasteiger partial charge in [-0.2, -0.15) is 0 Å². The van der Waals surface area contributed by atoms with Crippen LogP contribution in [0.5, 0.6) is 11.5 Å². The van der Waals surface area contributed by atoms with Gasteiger partial charge in [-0.1, -0.05) is 11.6 Å². The predicted molar refractivity (Wildman–Crippen MR) is 91.0 cm³/mol. The summed E-state index contributed by atoms with van der Waals surface area (Å²) in [5.74, 6) is -4.60. The van der Waals surface area contributed by atoms with E-state index < -0.39 is 44.0 Å². The molecule has 12 heteroatoms. The van der Waals surface area contributed by atoms with Crippen molar-refractivity contribution >= 4 is 30.9 Å². The van der Waals surface area contributed by atoms with Crippen LogP contribution >= 0.6 is 19.0 Å². The van der Waals surface area contributed by atoms with Crippen molar-refractivity contribution in [3.8, 4) is 11.5 Å². The molecule has 0 spiro atoms. The summed E-state index contributed by atoms with van der Waals surface area (Å²) in [6.07, 6.45) is -0.844. The zero-order valence-corrected chi connectivity index (χ0v) is 15.3. The van der Waals surface area contributed by atoms with Gasteiger partial charge < -0.3 is 35.4 Å². The van der Waals surface area contributed by atoms with E-state index in [0.29, 0.717) is 0 Å². The van der Waals surface area contributed by atoms with E-state index in [-0.39, 0.29) is 28.5 Å². The first-order chi connectivity index (χ1) is 12.0. The van der Waals surface area contributed by atoms with E-state index in [1.807, 2.05) is 0 Å². The van der Waals surface area contributed by atoms with Crippen molar-refractivity contribution in [1.29, 1.82) is 0 Å². The Morgan fingerprint density at radius 3 is 2.46 bits per heavy atom. The van der Waals surface area contributed by atoms with Gasteiger partial charge in [-0.3, -0.25) is 9.36 Å². The zero-order valence-electron chi connectivity index (χ0n) is 13.7. The largest absolute Gasteiger partial charge is 0.493 e. The molecule has 0 saturated heterocycles. The van der Waals surface area contributed by atoms with Gasteiger partial charge in [0.1, 0.15) is 6.04 Å². The van der Waals surface area contributed by atoms with Crippen molar-refractivity contribution in [3.05, 3.63) is 22.7 Å². The van der Waals surface area contributed by atoms with Crippen LogP contribution in [0.3, 0.4) is 0 Å². The third-order valence-corrected chi connectivity index (χ3v) is 5.59. The highest BCUT2D eigenvalue weighted by Gasteiger charge is 2.33. The predicted octanol–water partition coefficient (Wildman–Crippen LogP) is 0.875. The summed E-state index contributed by atoms with van der Waals surface area (Å²) in [7, 11) is -3.00. The second-order valence-electron chi connectivity index (χ2n) is 5.30. The highest BCUT2D eigenvalue weighted by molar-refractivity contribution is 7.58. The molecule has 146 valence electrons. The van der Waals surface area contributed by atoms with E-state index in [1.165, 1.54) is 13.2 Å². The number of nitrogens with two attached hydrogens (primary N) is 1. The molecule has 2 unspecified atom stereocenters. The van der Waals surface area contributed by atoms with Crippen LogP contribution in [0, 0.1) is 0 Å². The molecular formula is C14H19ClNO9P. The summed E-state index contributed by atoms with van der Waals surface area (Å²) in [5, 5.41) is 27.4. The number of aliphatic hydroxyl groups excluding tert-OH is 1. The minimum Gasteiger partial charge on any atom is -0.493 e. The molecule has 0 fully saturated rings. The quantitative estimate of drug-likeness (QED) is 0.347. The number of halogens is 1. The van der Waals surface area contributed by atoms with Crippen LogP contribution < -0.4 is 15.2 Å². The molecule has 0 aromatic heterocycles. The first kappa shape index (κ1) is 22.2. The number of rotatable bonds is 10. The van der Waals surface area contributed by atoms with E-state index >= 15 is 0 Å². The van der Waals surface area contributed by atoms with Gasteiger partial charge in [-0.05, 0) is 24.1 Å². The molecule has 0 heterocycles. The average Bonchev–Trinajstić information content (AvgIpc) is 2.56. The molecule has 0 saturated carbocycles. The second kappa shape index (κ2) is 9.20. The summed E-state index contributed by atoms with van der Waals surface area (Å²) in [5.41, 5.74) is 5.21. The third-order valence-electron chi connectivity index (χ3n) is 3.35. The molecule has 1 aromatic rings. The molecule has 3 atom stereocenters. The number of aliphatic hydroxyl groups is 1. The Kier molecular flexibility index (Phi) is 7.86. The number of methoxy groups -OCH3 is 1. The van der Waals surface area contributed by atoms with Crippen molar-refractivity contribution in [2.75, 3.05) is 19.9 Å². The number of hydrogen-bond acceptors (Lipinski definition) is 7. The second-order valence-corrected chi connectivity index (χ2v) is 8.16. The number of carbonyl (C=O) groups is 2. The standard InChI is InChI=1S/C14H19ClNO9P/c1-24-10-5-7(4-8(15)12(10)25-6-11(17)18)14(21)26(22,23)3-2-9(16)13(19)20/h4-5,9,14,21H,2-3,6,16H2,1H3,(H,17,18)(H,19,20)(H,22,23)/t9-,14?/m1/s1. The van der Waals surface area contributed by atoms with Gasteiger partial charge in [0, 0.05) is 6.16 Å². The lowest BCUT2D eigenvalue weighted by Crippen LogP contribution is -2.31. The summed E-state index contributed by atoms with van der Waals surface area (Å²) in [6, 6.07) is 0.965. The summed E-state index contributed by atoms with van der Waals surface area (Å²) in [4.78, 5) is 31.3. The lowest BCUT2D eigenvalue weighted by atomic mass is 10.2. The van der Waals surface area contributed by atoms with Crippen LogP contribution in [0.2, 0.25) is 5.02 Å². The number of carboxylic acid groups (broad SMARTS) is 2. The highest BCUT2D eigenvalue weighted by atomic mass is 35.5. The van der Waals surface area contributed by atoms with Gasteiger partial charge in [0.2, 0.25) is 7.37 Å². The first-order valence-electron chi connectivity index (χ1n) is 7.19. The number of benzene rings is 1. The number of ether oxygens (including phenoxy) is 2. The summed E-state index contributed by atoms with van der Waals surface area (Å²) >= 11 is 5.98. The van der Waals surface area contributed by atoms with Crippen LogP contribution in [-0.2, 0) is 14.2 Å². The van der Waals surface area contributed by atoms with Crippen molar-refractivity contribution in [3.63, 3.8) is 0 Å². The summed E-state index contributed by atoms with van der Waals surface area (Å²) in [6.45, 7) is -0.691. The maximum Gasteiger partial charge on any atom is 0.341 e. The normalized spacial score (nSPS) is 15.6. The Morgan fingerprint density at radius 1 is 1.35 bits per heavy atom. The smallest absolute Gasteiger partial charge is 0.341 e. The van der Waals surface area contributed by atoms with Crippen LogP contribution in [0.15, 0.2) is 12.1 Å². The number of hydrogen-bond donors (Lipinski definition) is 5. The van der Waals surface area contributed by atoms with E-state index in [0.717, 1.165) is 6.07 Å². The van der Waals surface area contributed by atoms with Crippen molar-refractivity contribution in [2.24, 2.45) is 5.73 Å². The molecule has 0 aliphatic heterocycles. The fraction of sp³-hybridized carbons (Fsp3) is 0.429. The average molecular weight is 412 g/mol. The molecule has 0 bridgehead atoms. The molecule has 10 nitrogen and oxygen atoms in total. The molecule has 1 aromatic carbocycles. The van der Waals surface area contributed by atoms with E-state index in [2.05, 4.69) is 0 Å². The fourth-order valence-corrected chi connectivity index (χ4v) is 3.75. The number of carboxylic acids is 2. The third kappa shape index (κ3) is 5.86. The van der Waals surface area contributed by atoms with Crippen LogP contribution in [0.4, 0.5) is 0 Å². The molecule has 0 aliphatic carbocycles. The molecule has 26 heavy (non-hydrogen) atoms. The van der Waals surface area contributed by atoms with Crippen molar-refractivity contribution in [1.82, 2.24) is 0 Å². The van der Waals surface area contributed by atoms with E-state index in [4.69, 9.17) is 37.0 Å². The first-order valence-corrected chi connectivity index (χ1v) is 9.48. The molecule has 6 N–H and O–H groups in total. The van der Waals surface area contributed by atoms with Gasteiger partial charge in [0.15, 0.2) is 24.0 Å². The Hall–Kier alpha value is -1.84. The van der Waals surface area contributed by atoms with Gasteiger partial charge in [0.25, 0.3) is 0 Å². The summed E-state index contributed by atoms with van der Waals surface area (Å²) < 4.78 is 22.3. The Morgan fingerprint density at radius 2 is 1.96 bits per heavy atom. The van der Waals surface area contributed by atoms with Crippen LogP contribution in [-0.4, -0.2) is 58.1 Å². The molecule has 0 amide bonds. The maximum absolute atomic E-state index is 12.3. The topological polar surface area (TPSA) is 177 Å². The number of aliphatic carboxylic acids is 2. The van der Waals surface area contributed by atoms with E-state index in [1.54, 1.807) is 0 Å². The van der Waals surface area contributed by atoms with Crippen molar-refractivity contribution in [2.45, 2.75) is 18.3 Å². The molecule has 0 radical (unpaired) electrons. The lowest BCUT2D eigenvalue weighted by molar-refractivity contribution is -0.139. The Balaban J connectivity index is 3.06. The fourth-order valence-electron chi connectivity index (χ4n) is 1.97. The van der Waals surface area contributed by atoms with Gasteiger partial charge in [-0.15, -0.1) is 0 Å². The maximum atomic E-state index is 12.3. The Labute approximate surface area is 153 Å². The van der Waals surface area contributed by atoms with Gasteiger partial charge in [0.05, 0.1) is 12.1 Å². The molecule has 1 rings (SSSR count). The Bertz CT molecular complexity index is 727. The van der Waals surface area contributed by atoms with Crippen molar-refractivity contribution < 1.29 is 43.8 Å². The minimum absolute atomic E-state index is 0.0463. The molecular weight excluding hydrogens is 393 g/mol. The molecule has 0 aliphatic rings. The van der Waals surface area contributed by atoms with Gasteiger partial charge in [-0.25, -0.2) is 4.79 Å². The van der Waals surface area contributed by atoms with Crippen LogP contribution in [0.25, 0.3) is 0 Å². The van der Waals surface area contributed by atoms with Gasteiger partial charge >= 0.3 is 11.9 Å². The van der Waals surface area contributed by atoms with E-state index in [9.17, 15) is 24.2 Å².